The van der Waals surface area contributed by atoms with Gasteiger partial charge in [-0.3, -0.25) is 14.6 Å². The predicted molar refractivity (Wildman–Crippen MR) is 120 cm³/mol. The summed E-state index contributed by atoms with van der Waals surface area (Å²) in [6.07, 6.45) is 3.94. The van der Waals surface area contributed by atoms with Gasteiger partial charge < -0.3 is 24.4 Å². The number of hydrogen-bond acceptors (Lipinski definition) is 6. The first-order valence-corrected chi connectivity index (χ1v) is 10.0. The molecule has 1 aliphatic rings. The summed E-state index contributed by atoms with van der Waals surface area (Å²) in [4.78, 5) is 31.7. The average Bonchev–Trinajstić information content (AvgIpc) is 3.26. The summed E-state index contributed by atoms with van der Waals surface area (Å²) in [7, 11) is 4.46. The van der Waals surface area contributed by atoms with Crippen LogP contribution in [-0.2, 0) is 6.42 Å². The summed E-state index contributed by atoms with van der Waals surface area (Å²) < 4.78 is 16.1. The minimum atomic E-state index is -0.368. The number of anilines is 2. The fraction of sp³-hybridized carbons (Fsp3) is 0.208. The quantitative estimate of drug-likeness (QED) is 0.639. The third-order valence-corrected chi connectivity index (χ3v) is 5.36. The number of aromatic nitrogens is 1. The van der Waals surface area contributed by atoms with E-state index in [-0.39, 0.29) is 17.6 Å². The number of hydrogen-bond donors (Lipinski definition) is 1. The van der Waals surface area contributed by atoms with Crippen molar-refractivity contribution >= 4 is 23.2 Å². The molecule has 1 N–H and O–H groups in total. The molecule has 0 fully saturated rings. The molecule has 2 amide bonds. The van der Waals surface area contributed by atoms with E-state index in [4.69, 9.17) is 14.2 Å². The Morgan fingerprint density at radius 2 is 1.69 bits per heavy atom. The molecule has 0 spiro atoms. The van der Waals surface area contributed by atoms with Crippen LogP contribution >= 0.6 is 0 Å². The van der Waals surface area contributed by atoms with Crippen LogP contribution < -0.4 is 24.4 Å². The van der Waals surface area contributed by atoms with Gasteiger partial charge >= 0.3 is 0 Å². The summed E-state index contributed by atoms with van der Waals surface area (Å²) in [5.74, 6) is 0.610. The molecule has 0 saturated carbocycles. The lowest BCUT2D eigenvalue weighted by atomic mass is 10.1. The lowest BCUT2D eigenvalue weighted by molar-refractivity contribution is 0.0987. The van der Waals surface area contributed by atoms with Crippen LogP contribution in [0.25, 0.3) is 0 Å². The van der Waals surface area contributed by atoms with Crippen LogP contribution in [0.3, 0.4) is 0 Å². The number of nitrogens with one attached hydrogen (secondary N) is 1. The van der Waals surface area contributed by atoms with Gasteiger partial charge in [-0.15, -0.1) is 0 Å². The van der Waals surface area contributed by atoms with Crippen molar-refractivity contribution in [3.8, 4) is 17.2 Å². The Morgan fingerprint density at radius 3 is 2.38 bits per heavy atom. The molecule has 4 rings (SSSR count). The zero-order valence-corrected chi connectivity index (χ0v) is 18.0. The number of amides is 2. The van der Waals surface area contributed by atoms with E-state index in [9.17, 15) is 9.59 Å². The van der Waals surface area contributed by atoms with Gasteiger partial charge in [0.1, 0.15) is 0 Å². The number of carbonyl (C=O) groups excluding carboxylic acids is 2. The number of carbonyl (C=O) groups is 2. The molecule has 0 radical (unpaired) electrons. The van der Waals surface area contributed by atoms with Gasteiger partial charge in [0.25, 0.3) is 11.8 Å². The van der Waals surface area contributed by atoms with Crippen molar-refractivity contribution in [1.29, 1.82) is 0 Å². The van der Waals surface area contributed by atoms with Crippen molar-refractivity contribution in [2.45, 2.75) is 6.42 Å². The maximum Gasteiger partial charge on any atom is 0.259 e. The fourth-order valence-corrected chi connectivity index (χ4v) is 3.80. The molecule has 0 atom stereocenters. The minimum absolute atomic E-state index is 0.101. The number of benzene rings is 2. The molecular weight excluding hydrogens is 410 g/mol. The summed E-state index contributed by atoms with van der Waals surface area (Å²) in [5.41, 5.74) is 3.27. The number of ether oxygens (including phenoxy) is 3. The van der Waals surface area contributed by atoms with Gasteiger partial charge in [0.15, 0.2) is 11.5 Å². The van der Waals surface area contributed by atoms with Crippen LogP contribution in [0.2, 0.25) is 0 Å². The standard InChI is InChI=1S/C24H23N3O5/c1-30-20-7-6-18(21(31-2)22(20)32-3)23(28)26-17-5-4-15-10-13-27(19(15)14-17)24(29)16-8-11-25-12-9-16/h4-9,11-12,14H,10,13H2,1-3H3,(H,26,28). The summed E-state index contributed by atoms with van der Waals surface area (Å²) >= 11 is 0. The first-order valence-electron chi connectivity index (χ1n) is 10.0. The molecule has 0 bridgehead atoms. The number of pyridine rings is 1. The summed E-state index contributed by atoms with van der Waals surface area (Å²) in [6.45, 7) is 0.581. The van der Waals surface area contributed by atoms with Gasteiger partial charge in [0, 0.05) is 35.9 Å². The van der Waals surface area contributed by atoms with Crippen LogP contribution in [-0.4, -0.2) is 44.7 Å². The largest absolute Gasteiger partial charge is 0.493 e. The van der Waals surface area contributed by atoms with Crippen LogP contribution in [0.4, 0.5) is 11.4 Å². The lowest BCUT2D eigenvalue weighted by Crippen LogP contribution is -2.28. The highest BCUT2D eigenvalue weighted by molar-refractivity contribution is 6.09. The molecule has 2 heterocycles. The maximum atomic E-state index is 13.0. The fourth-order valence-electron chi connectivity index (χ4n) is 3.80. The van der Waals surface area contributed by atoms with Gasteiger partial charge in [-0.05, 0) is 48.4 Å². The Hall–Kier alpha value is -4.07. The third-order valence-electron chi connectivity index (χ3n) is 5.36. The van der Waals surface area contributed by atoms with E-state index in [0.29, 0.717) is 34.9 Å². The van der Waals surface area contributed by atoms with Gasteiger partial charge in [-0.1, -0.05) is 6.07 Å². The van der Waals surface area contributed by atoms with Crippen molar-refractivity contribution < 1.29 is 23.8 Å². The second kappa shape index (κ2) is 8.97. The molecule has 8 heteroatoms. The van der Waals surface area contributed by atoms with E-state index in [1.54, 1.807) is 41.6 Å². The molecule has 32 heavy (non-hydrogen) atoms. The van der Waals surface area contributed by atoms with Crippen molar-refractivity contribution in [3.63, 3.8) is 0 Å². The highest BCUT2D eigenvalue weighted by Crippen LogP contribution is 2.40. The van der Waals surface area contributed by atoms with Gasteiger partial charge in [0.2, 0.25) is 5.75 Å². The molecule has 3 aromatic rings. The third kappa shape index (κ3) is 3.82. The van der Waals surface area contributed by atoms with E-state index in [2.05, 4.69) is 10.3 Å². The highest BCUT2D eigenvalue weighted by atomic mass is 16.5. The van der Waals surface area contributed by atoms with Crippen molar-refractivity contribution in [2.24, 2.45) is 0 Å². The first-order chi connectivity index (χ1) is 15.6. The van der Waals surface area contributed by atoms with Crippen LogP contribution in [0, 0.1) is 0 Å². The summed E-state index contributed by atoms with van der Waals surface area (Å²) in [6, 6.07) is 12.2. The Kier molecular flexibility index (Phi) is 5.93. The van der Waals surface area contributed by atoms with Crippen molar-refractivity contribution in [2.75, 3.05) is 38.1 Å². The van der Waals surface area contributed by atoms with Crippen molar-refractivity contribution in [3.05, 3.63) is 71.5 Å². The molecule has 0 unspecified atom stereocenters. The smallest absolute Gasteiger partial charge is 0.259 e. The minimum Gasteiger partial charge on any atom is -0.493 e. The second-order valence-electron chi connectivity index (χ2n) is 7.12. The first kappa shape index (κ1) is 21.2. The molecule has 1 aromatic heterocycles. The molecule has 0 saturated heterocycles. The Balaban J connectivity index is 1.61. The molecule has 164 valence electrons. The van der Waals surface area contributed by atoms with E-state index >= 15 is 0 Å². The Morgan fingerprint density at radius 1 is 0.938 bits per heavy atom. The lowest BCUT2D eigenvalue weighted by Gasteiger charge is -2.19. The zero-order valence-electron chi connectivity index (χ0n) is 18.0. The summed E-state index contributed by atoms with van der Waals surface area (Å²) in [5, 5.41) is 2.89. The van der Waals surface area contributed by atoms with E-state index in [0.717, 1.165) is 17.7 Å². The number of nitrogens with zero attached hydrogens (tertiary/aromatic N) is 2. The van der Waals surface area contributed by atoms with Crippen LogP contribution in [0.5, 0.6) is 17.2 Å². The Bertz CT molecular complexity index is 1160. The molecule has 0 aliphatic carbocycles. The monoisotopic (exact) mass is 433 g/mol. The van der Waals surface area contributed by atoms with E-state index < -0.39 is 0 Å². The number of rotatable bonds is 6. The maximum absolute atomic E-state index is 13.0. The Labute approximate surface area is 185 Å². The SMILES string of the molecule is COc1ccc(C(=O)Nc2ccc3c(c2)N(C(=O)c2ccncc2)CC3)c(OC)c1OC. The topological polar surface area (TPSA) is 90.0 Å². The molecule has 1 aliphatic heterocycles. The number of fused-ring (bicyclic) bond motifs is 1. The van der Waals surface area contributed by atoms with Gasteiger partial charge in [0.05, 0.1) is 26.9 Å². The van der Waals surface area contributed by atoms with E-state index in [1.807, 2.05) is 18.2 Å². The normalized spacial score (nSPS) is 12.2. The zero-order chi connectivity index (χ0) is 22.7. The van der Waals surface area contributed by atoms with Gasteiger partial charge in [-0.25, -0.2) is 0 Å². The average molecular weight is 433 g/mol. The van der Waals surface area contributed by atoms with E-state index in [1.165, 1.54) is 21.3 Å². The van der Waals surface area contributed by atoms with Crippen molar-refractivity contribution in [1.82, 2.24) is 4.98 Å². The van der Waals surface area contributed by atoms with Crippen LogP contribution in [0.15, 0.2) is 54.9 Å². The molecular formula is C24H23N3O5. The van der Waals surface area contributed by atoms with Gasteiger partial charge in [-0.2, -0.15) is 0 Å². The second-order valence-corrected chi connectivity index (χ2v) is 7.12. The number of methoxy groups -OCH3 is 3. The highest BCUT2D eigenvalue weighted by Gasteiger charge is 2.26. The van der Waals surface area contributed by atoms with Crippen LogP contribution in [0.1, 0.15) is 26.3 Å². The molecule has 8 nitrogen and oxygen atoms in total. The predicted octanol–water partition coefficient (Wildman–Crippen LogP) is 3.56. The molecule has 2 aromatic carbocycles.